The molecule has 26 heavy (non-hydrogen) atoms. The first kappa shape index (κ1) is 20.1. The summed E-state index contributed by atoms with van der Waals surface area (Å²) in [4.78, 5) is 23.5. The van der Waals surface area contributed by atoms with Gasteiger partial charge in [-0.1, -0.05) is 41.4 Å². The van der Waals surface area contributed by atoms with Crippen molar-refractivity contribution in [2.24, 2.45) is 0 Å². The molecule has 0 aromatic heterocycles. The Bertz CT molecular complexity index is 808. The Morgan fingerprint density at radius 2 is 1.69 bits per heavy atom. The molecule has 0 saturated heterocycles. The van der Waals surface area contributed by atoms with E-state index in [-0.39, 0.29) is 11.4 Å². The molecule has 0 saturated carbocycles. The lowest BCUT2D eigenvalue weighted by molar-refractivity contribution is -0.146. The number of benzene rings is 2. The number of esters is 1. The van der Waals surface area contributed by atoms with Crippen LogP contribution in [-0.2, 0) is 26.9 Å². The van der Waals surface area contributed by atoms with Gasteiger partial charge < -0.3 is 10.1 Å². The van der Waals surface area contributed by atoms with Gasteiger partial charge in [-0.25, -0.2) is 0 Å². The summed E-state index contributed by atoms with van der Waals surface area (Å²) in [5, 5.41) is 2.25. The average Bonchev–Trinajstić information content (AvgIpc) is 2.56. The van der Waals surface area contributed by atoms with Crippen LogP contribution < -0.4 is 5.32 Å². The highest BCUT2D eigenvalue weighted by molar-refractivity contribution is 6.34. The third-order valence-electron chi connectivity index (χ3n) is 3.21. The van der Waals surface area contributed by atoms with Crippen molar-refractivity contribution in [3.05, 3.63) is 63.6 Å². The molecule has 0 aliphatic rings. The van der Waals surface area contributed by atoms with Crippen molar-refractivity contribution in [2.75, 3.05) is 11.9 Å². The number of nitrogens with one attached hydrogen (secondary N) is 1. The monoisotopic (exact) mass is 405 g/mol. The van der Waals surface area contributed by atoms with E-state index in [0.29, 0.717) is 10.6 Å². The highest BCUT2D eigenvalue weighted by atomic mass is 35.5. The predicted octanol–water partition coefficient (Wildman–Crippen LogP) is 4.74. The van der Waals surface area contributed by atoms with Crippen LogP contribution in [0.4, 0.5) is 18.9 Å². The van der Waals surface area contributed by atoms with Gasteiger partial charge in [0.15, 0.2) is 6.61 Å². The summed E-state index contributed by atoms with van der Waals surface area (Å²) in [7, 11) is 0. The van der Waals surface area contributed by atoms with Gasteiger partial charge in [0.25, 0.3) is 5.91 Å². The van der Waals surface area contributed by atoms with Crippen molar-refractivity contribution in [3.8, 4) is 0 Å². The van der Waals surface area contributed by atoms with Gasteiger partial charge in [0.1, 0.15) is 0 Å². The fourth-order valence-electron chi connectivity index (χ4n) is 2.03. The molecule has 2 aromatic rings. The van der Waals surface area contributed by atoms with E-state index in [1.54, 1.807) is 24.3 Å². The number of hydrogen-bond acceptors (Lipinski definition) is 3. The zero-order valence-electron chi connectivity index (χ0n) is 13.1. The van der Waals surface area contributed by atoms with E-state index in [1.807, 2.05) is 5.32 Å². The Morgan fingerprint density at radius 3 is 2.31 bits per heavy atom. The second kappa shape index (κ2) is 8.42. The smallest absolute Gasteiger partial charge is 0.418 e. The Balaban J connectivity index is 1.95. The number of hydrogen-bond donors (Lipinski definition) is 1. The Morgan fingerprint density at radius 1 is 1.04 bits per heavy atom. The van der Waals surface area contributed by atoms with Crippen LogP contribution in [0, 0.1) is 0 Å². The first-order valence-corrected chi connectivity index (χ1v) is 7.98. The lowest BCUT2D eigenvalue weighted by Crippen LogP contribution is -2.23. The van der Waals surface area contributed by atoms with Crippen LogP contribution in [0.1, 0.15) is 11.1 Å². The van der Waals surface area contributed by atoms with Gasteiger partial charge >= 0.3 is 12.1 Å². The molecule has 0 spiro atoms. The maximum Gasteiger partial charge on any atom is 0.418 e. The standard InChI is InChI=1S/C17H12Cl2F3NO3/c18-11-6-4-10(5-7-11)8-15(25)26-9-14(24)23-16-12(17(20,21)22)2-1-3-13(16)19/h1-7H,8-9H2,(H,23,24). The third-order valence-corrected chi connectivity index (χ3v) is 3.78. The molecule has 0 radical (unpaired) electrons. The summed E-state index contributed by atoms with van der Waals surface area (Å²) in [6.07, 6.45) is -4.80. The quantitative estimate of drug-likeness (QED) is 0.731. The molecule has 0 fully saturated rings. The van der Waals surface area contributed by atoms with E-state index in [2.05, 4.69) is 0 Å². The number of carbonyl (C=O) groups excluding carboxylic acids is 2. The number of halogens is 5. The molecule has 0 heterocycles. The van der Waals surface area contributed by atoms with Gasteiger partial charge in [-0.15, -0.1) is 0 Å². The molecule has 0 aliphatic carbocycles. The molecule has 2 rings (SSSR count). The lowest BCUT2D eigenvalue weighted by atomic mass is 10.1. The highest BCUT2D eigenvalue weighted by Gasteiger charge is 2.34. The predicted molar refractivity (Wildman–Crippen MR) is 91.2 cm³/mol. The first-order valence-electron chi connectivity index (χ1n) is 7.22. The molecule has 2 aromatic carbocycles. The van der Waals surface area contributed by atoms with E-state index in [9.17, 15) is 22.8 Å². The molecule has 9 heteroatoms. The van der Waals surface area contributed by atoms with E-state index in [1.165, 1.54) is 6.07 Å². The Hall–Kier alpha value is -2.25. The molecular weight excluding hydrogens is 394 g/mol. The van der Waals surface area contributed by atoms with Crippen molar-refractivity contribution in [1.82, 2.24) is 0 Å². The minimum absolute atomic E-state index is 0.107. The van der Waals surface area contributed by atoms with Crippen LogP contribution in [0.3, 0.4) is 0 Å². The summed E-state index contributed by atoms with van der Waals surface area (Å²) in [5.74, 6) is -1.65. The molecular formula is C17H12Cl2F3NO3. The fourth-order valence-corrected chi connectivity index (χ4v) is 2.38. The van der Waals surface area contributed by atoms with E-state index >= 15 is 0 Å². The Kier molecular flexibility index (Phi) is 6.50. The zero-order valence-corrected chi connectivity index (χ0v) is 14.6. The molecule has 0 bridgehead atoms. The van der Waals surface area contributed by atoms with Crippen LogP contribution >= 0.6 is 23.2 Å². The van der Waals surface area contributed by atoms with Gasteiger partial charge in [0.05, 0.1) is 22.7 Å². The maximum atomic E-state index is 13.0. The average molecular weight is 406 g/mol. The lowest BCUT2D eigenvalue weighted by Gasteiger charge is -2.15. The molecule has 1 N–H and O–H groups in total. The van der Waals surface area contributed by atoms with Crippen LogP contribution in [-0.4, -0.2) is 18.5 Å². The highest BCUT2D eigenvalue weighted by Crippen LogP contribution is 2.38. The van der Waals surface area contributed by atoms with Crippen LogP contribution in [0.5, 0.6) is 0 Å². The SMILES string of the molecule is O=C(COC(=O)Cc1ccc(Cl)cc1)Nc1c(Cl)cccc1C(F)(F)F. The summed E-state index contributed by atoms with van der Waals surface area (Å²) in [6.45, 7) is -0.741. The van der Waals surface area contributed by atoms with Crippen molar-refractivity contribution < 1.29 is 27.5 Å². The van der Waals surface area contributed by atoms with Crippen LogP contribution in [0.2, 0.25) is 10.0 Å². The van der Waals surface area contributed by atoms with Crippen molar-refractivity contribution in [3.63, 3.8) is 0 Å². The fraction of sp³-hybridized carbons (Fsp3) is 0.176. The number of amides is 1. The van der Waals surface area contributed by atoms with Gasteiger partial charge in [0, 0.05) is 5.02 Å². The molecule has 4 nitrogen and oxygen atoms in total. The maximum absolute atomic E-state index is 13.0. The minimum Gasteiger partial charge on any atom is -0.455 e. The van der Waals surface area contributed by atoms with Crippen molar-refractivity contribution >= 4 is 40.8 Å². The molecule has 0 aliphatic heterocycles. The van der Waals surface area contributed by atoms with Crippen molar-refractivity contribution in [2.45, 2.75) is 12.6 Å². The first-order chi connectivity index (χ1) is 12.2. The number of rotatable bonds is 5. The van der Waals surface area contributed by atoms with Crippen LogP contribution in [0.25, 0.3) is 0 Å². The normalized spacial score (nSPS) is 11.1. The van der Waals surface area contributed by atoms with Gasteiger partial charge in [-0.2, -0.15) is 13.2 Å². The number of alkyl halides is 3. The number of ether oxygens (including phenoxy) is 1. The zero-order chi connectivity index (χ0) is 19.3. The summed E-state index contributed by atoms with van der Waals surface area (Å²) in [5.41, 5.74) is -1.06. The molecule has 138 valence electrons. The number of carbonyl (C=O) groups is 2. The van der Waals surface area contributed by atoms with E-state index < -0.39 is 35.9 Å². The van der Waals surface area contributed by atoms with Crippen molar-refractivity contribution in [1.29, 1.82) is 0 Å². The minimum atomic E-state index is -4.70. The van der Waals surface area contributed by atoms with E-state index in [0.717, 1.165) is 12.1 Å². The second-order valence-corrected chi connectivity index (χ2v) is 6.02. The number of para-hydroxylation sites is 1. The third kappa shape index (κ3) is 5.64. The summed E-state index contributed by atoms with van der Waals surface area (Å²) >= 11 is 11.5. The van der Waals surface area contributed by atoms with Gasteiger partial charge in [0.2, 0.25) is 0 Å². The topological polar surface area (TPSA) is 55.4 Å². The van der Waals surface area contributed by atoms with Crippen LogP contribution in [0.15, 0.2) is 42.5 Å². The molecule has 0 unspecified atom stereocenters. The Labute approximate surface area is 156 Å². The van der Waals surface area contributed by atoms with Gasteiger partial charge in [-0.3, -0.25) is 9.59 Å². The van der Waals surface area contributed by atoms with Gasteiger partial charge in [-0.05, 0) is 29.8 Å². The molecule has 1 amide bonds. The van der Waals surface area contributed by atoms with E-state index in [4.69, 9.17) is 27.9 Å². The number of anilines is 1. The second-order valence-electron chi connectivity index (χ2n) is 5.17. The summed E-state index contributed by atoms with van der Waals surface area (Å²) < 4.78 is 43.6. The summed E-state index contributed by atoms with van der Waals surface area (Å²) in [6, 6.07) is 9.52. The largest absolute Gasteiger partial charge is 0.455 e. The molecule has 0 atom stereocenters.